The Morgan fingerprint density at radius 3 is 1.69 bits per heavy atom. The molecule has 1 aliphatic heterocycles. The highest BCUT2D eigenvalue weighted by Gasteiger charge is 2.35. The van der Waals surface area contributed by atoms with Gasteiger partial charge in [-0.05, 0) is 111 Å². The number of rotatable bonds is 7. The molecule has 1 aliphatic rings. The van der Waals surface area contributed by atoms with Crippen molar-refractivity contribution in [1.29, 1.82) is 0 Å². The number of para-hydroxylation sites is 1. The van der Waals surface area contributed by atoms with E-state index >= 15 is 0 Å². The van der Waals surface area contributed by atoms with Crippen molar-refractivity contribution in [2.24, 2.45) is 0 Å². The molecule has 0 bridgehead atoms. The van der Waals surface area contributed by atoms with Gasteiger partial charge in [0.15, 0.2) is 0 Å². The highest BCUT2D eigenvalue weighted by molar-refractivity contribution is 6.09. The van der Waals surface area contributed by atoms with Crippen molar-refractivity contribution < 1.29 is 4.74 Å². The smallest absolute Gasteiger partial charge is 0.137 e. The Balaban J connectivity index is 1.12. The van der Waals surface area contributed by atoms with Crippen molar-refractivity contribution in [2.45, 2.75) is 97.8 Å². The lowest BCUT2D eigenvalue weighted by molar-refractivity contribution is 0.483. The lowest BCUT2D eigenvalue weighted by Gasteiger charge is -2.32. The molecule has 9 rings (SSSR count). The zero-order valence-electron chi connectivity index (χ0n) is 38.3. The summed E-state index contributed by atoms with van der Waals surface area (Å²) in [6, 6.07) is 52.8. The van der Waals surface area contributed by atoms with Gasteiger partial charge in [-0.2, -0.15) is 0 Å². The number of anilines is 4. The summed E-state index contributed by atoms with van der Waals surface area (Å²) in [5.74, 6) is 2.46. The molecule has 5 heteroatoms. The molecule has 0 atom stereocenters. The average molecular weight is 817 g/mol. The first-order chi connectivity index (χ1) is 29.4. The predicted octanol–water partition coefficient (Wildman–Crippen LogP) is 15.4. The zero-order valence-corrected chi connectivity index (χ0v) is 38.3. The maximum atomic E-state index is 6.81. The second-order valence-corrected chi connectivity index (χ2v) is 20.7. The molecular formula is C57H60N4O. The highest BCUT2D eigenvalue weighted by Crippen LogP contribution is 2.50. The van der Waals surface area contributed by atoms with E-state index in [9.17, 15) is 0 Å². The number of aromatic nitrogens is 2. The summed E-state index contributed by atoms with van der Waals surface area (Å²) >= 11 is 0. The molecule has 0 radical (unpaired) electrons. The van der Waals surface area contributed by atoms with E-state index in [4.69, 9.17) is 9.72 Å². The van der Waals surface area contributed by atoms with Crippen LogP contribution in [0.3, 0.4) is 0 Å². The first-order valence-corrected chi connectivity index (χ1v) is 22.1. The zero-order chi connectivity index (χ0) is 43.8. The molecule has 2 aromatic heterocycles. The van der Waals surface area contributed by atoms with Crippen LogP contribution in [0.5, 0.6) is 11.5 Å². The topological polar surface area (TPSA) is 33.5 Å². The Kier molecular flexibility index (Phi) is 9.89. The van der Waals surface area contributed by atoms with E-state index in [-0.39, 0.29) is 21.7 Å². The van der Waals surface area contributed by atoms with Crippen LogP contribution in [-0.4, -0.2) is 16.2 Å². The van der Waals surface area contributed by atoms with E-state index in [1.807, 2.05) is 6.20 Å². The third kappa shape index (κ3) is 7.42. The highest BCUT2D eigenvalue weighted by atomic mass is 16.5. The molecule has 0 N–H and O–H groups in total. The van der Waals surface area contributed by atoms with Crippen LogP contribution in [0.25, 0.3) is 27.6 Å². The van der Waals surface area contributed by atoms with Gasteiger partial charge in [0.2, 0.25) is 0 Å². The van der Waals surface area contributed by atoms with Gasteiger partial charge in [-0.1, -0.05) is 143 Å². The lowest BCUT2D eigenvalue weighted by atomic mass is 9.74. The van der Waals surface area contributed by atoms with E-state index < -0.39 is 0 Å². The number of nitrogens with zero attached hydrogens (tertiary/aromatic N) is 4. The Labute approximate surface area is 368 Å². The minimum atomic E-state index is -0.164. The number of hydrogen-bond acceptors (Lipinski definition) is 4. The van der Waals surface area contributed by atoms with Crippen molar-refractivity contribution in [3.05, 3.63) is 180 Å². The Bertz CT molecular complexity index is 2950. The molecule has 3 heterocycles. The molecular weight excluding hydrogens is 757 g/mol. The van der Waals surface area contributed by atoms with Crippen molar-refractivity contribution in [3.63, 3.8) is 0 Å². The van der Waals surface area contributed by atoms with Gasteiger partial charge in [0, 0.05) is 45.9 Å². The average Bonchev–Trinajstić information content (AvgIpc) is 3.78. The van der Waals surface area contributed by atoms with Crippen LogP contribution in [0, 0.1) is 0 Å². The van der Waals surface area contributed by atoms with Crippen LogP contribution in [0.4, 0.5) is 22.7 Å². The molecule has 0 amide bonds. The third-order valence-corrected chi connectivity index (χ3v) is 12.8. The number of pyridine rings is 1. The monoisotopic (exact) mass is 816 g/mol. The molecule has 0 saturated heterocycles. The fourth-order valence-electron chi connectivity index (χ4n) is 9.19. The van der Waals surface area contributed by atoms with Gasteiger partial charge in [-0.15, -0.1) is 0 Å². The number of hydrogen-bond donors (Lipinski definition) is 0. The van der Waals surface area contributed by atoms with Crippen LogP contribution in [0.1, 0.15) is 104 Å². The molecule has 0 unspecified atom stereocenters. The summed E-state index contributed by atoms with van der Waals surface area (Å²) in [5, 5.41) is 2.36. The third-order valence-electron chi connectivity index (χ3n) is 12.8. The standard InChI is InChI=1S/C57H60N4O/c1-54(2,3)39-29-30-58-53(32-39)61-49-26-16-15-25-45(49)46-28-27-44(34-50(46)61)62-43-24-18-23-42(33-43)60-37-59(51-35-47(55(4,5)6)48(36-52(51)60)56(7,8)9)41-22-17-21-40(31-41)57(10,11)38-19-13-12-14-20-38/h12-36H,37H2,1-11H3. The van der Waals surface area contributed by atoms with Gasteiger partial charge in [0.05, 0.1) is 22.4 Å². The van der Waals surface area contributed by atoms with E-state index in [2.05, 4.69) is 236 Å². The van der Waals surface area contributed by atoms with Gasteiger partial charge in [-0.25, -0.2) is 4.98 Å². The molecule has 0 saturated carbocycles. The van der Waals surface area contributed by atoms with Crippen LogP contribution in [-0.2, 0) is 21.7 Å². The van der Waals surface area contributed by atoms with Gasteiger partial charge >= 0.3 is 0 Å². The van der Waals surface area contributed by atoms with Crippen LogP contribution < -0.4 is 14.5 Å². The summed E-state index contributed by atoms with van der Waals surface area (Å²) in [4.78, 5) is 9.84. The largest absolute Gasteiger partial charge is 0.457 e. The Morgan fingerprint density at radius 1 is 0.452 bits per heavy atom. The molecule has 5 nitrogen and oxygen atoms in total. The number of benzene rings is 6. The SMILES string of the molecule is CC(C)(C)c1ccnc(-n2c3ccccc3c3ccc(Oc4cccc(N5CN(c6cccc(C(C)(C)c7ccccc7)c6)c6cc(C(C)(C)C)c(C(C)(C)C)cc65)c4)cc32)c1. The van der Waals surface area contributed by atoms with Crippen LogP contribution in [0.15, 0.2) is 152 Å². The molecule has 62 heavy (non-hydrogen) atoms. The van der Waals surface area contributed by atoms with Gasteiger partial charge < -0.3 is 14.5 Å². The maximum Gasteiger partial charge on any atom is 0.137 e. The minimum Gasteiger partial charge on any atom is -0.457 e. The van der Waals surface area contributed by atoms with E-state index in [0.29, 0.717) is 6.67 Å². The Morgan fingerprint density at radius 2 is 1.03 bits per heavy atom. The second kappa shape index (κ2) is 14.9. The van der Waals surface area contributed by atoms with E-state index in [1.165, 1.54) is 55.7 Å². The van der Waals surface area contributed by atoms with Crippen molar-refractivity contribution in [2.75, 3.05) is 16.5 Å². The second-order valence-electron chi connectivity index (χ2n) is 20.7. The predicted molar refractivity (Wildman–Crippen MR) is 262 cm³/mol. The van der Waals surface area contributed by atoms with Crippen LogP contribution >= 0.6 is 0 Å². The molecule has 8 aromatic rings. The molecule has 0 spiro atoms. The van der Waals surface area contributed by atoms with Gasteiger partial charge in [0.1, 0.15) is 24.0 Å². The van der Waals surface area contributed by atoms with Gasteiger partial charge in [-0.3, -0.25) is 4.57 Å². The lowest BCUT2D eigenvalue weighted by Crippen LogP contribution is -2.25. The first kappa shape index (κ1) is 41.0. The van der Waals surface area contributed by atoms with Gasteiger partial charge in [0.25, 0.3) is 0 Å². The molecule has 0 aliphatic carbocycles. The first-order valence-electron chi connectivity index (χ1n) is 22.1. The summed E-state index contributed by atoms with van der Waals surface area (Å²) in [7, 11) is 0. The fraction of sp³-hybridized carbons (Fsp3) is 0.281. The summed E-state index contributed by atoms with van der Waals surface area (Å²) < 4.78 is 9.09. The molecule has 0 fully saturated rings. The minimum absolute atomic E-state index is 0.00482. The summed E-state index contributed by atoms with van der Waals surface area (Å²) in [5.41, 5.74) is 13.2. The van der Waals surface area contributed by atoms with Crippen molar-refractivity contribution in [3.8, 4) is 17.3 Å². The molecule has 314 valence electrons. The van der Waals surface area contributed by atoms with E-state index in [0.717, 1.165) is 34.0 Å². The van der Waals surface area contributed by atoms with Crippen molar-refractivity contribution >= 4 is 44.6 Å². The molecule has 6 aromatic carbocycles. The summed E-state index contributed by atoms with van der Waals surface area (Å²) in [6.07, 6.45) is 1.93. The van der Waals surface area contributed by atoms with Crippen molar-refractivity contribution in [1.82, 2.24) is 9.55 Å². The normalized spacial score (nSPS) is 13.6. The van der Waals surface area contributed by atoms with Crippen LogP contribution in [0.2, 0.25) is 0 Å². The summed E-state index contributed by atoms with van der Waals surface area (Å²) in [6.45, 7) is 26.0. The maximum absolute atomic E-state index is 6.81. The quantitative estimate of drug-likeness (QED) is 0.160. The number of fused-ring (bicyclic) bond motifs is 4. The fourth-order valence-corrected chi connectivity index (χ4v) is 9.19. The van der Waals surface area contributed by atoms with E-state index in [1.54, 1.807) is 0 Å². The Hall–Kier alpha value is -6.33. The number of ether oxygens (including phenoxy) is 1.